The van der Waals surface area contributed by atoms with Crippen molar-refractivity contribution in [3.05, 3.63) is 35.6 Å². The van der Waals surface area contributed by atoms with Gasteiger partial charge in [-0.25, -0.2) is 4.39 Å². The normalized spacial score (nSPS) is 9.67. The van der Waals surface area contributed by atoms with Crippen molar-refractivity contribution in [1.29, 1.82) is 0 Å². The van der Waals surface area contributed by atoms with Crippen LogP contribution < -0.4 is 10.6 Å². The molecule has 0 aromatic heterocycles. The van der Waals surface area contributed by atoms with Crippen molar-refractivity contribution >= 4 is 18.3 Å². The largest absolute Gasteiger partial charge is 0.356 e. The first-order valence-electron chi connectivity index (χ1n) is 5.88. The zero-order valence-electron chi connectivity index (χ0n) is 10.5. The fourth-order valence-corrected chi connectivity index (χ4v) is 1.55. The molecule has 18 heavy (non-hydrogen) atoms. The Morgan fingerprint density at radius 1 is 1.28 bits per heavy atom. The Morgan fingerprint density at radius 2 is 2.00 bits per heavy atom. The van der Waals surface area contributed by atoms with Gasteiger partial charge < -0.3 is 10.6 Å². The van der Waals surface area contributed by atoms with E-state index >= 15 is 0 Å². The zero-order valence-corrected chi connectivity index (χ0v) is 11.4. The molecule has 0 heterocycles. The van der Waals surface area contributed by atoms with Crippen LogP contribution in [0.2, 0.25) is 0 Å². The highest BCUT2D eigenvalue weighted by Gasteiger charge is 2.02. The second-order valence-corrected chi connectivity index (χ2v) is 3.90. The van der Waals surface area contributed by atoms with Gasteiger partial charge in [-0.3, -0.25) is 4.79 Å². The third kappa shape index (κ3) is 6.57. The first-order chi connectivity index (χ1) is 8.24. The van der Waals surface area contributed by atoms with Crippen LogP contribution in [0.3, 0.4) is 0 Å². The molecule has 102 valence electrons. The number of benzene rings is 1. The maximum absolute atomic E-state index is 13.2. The summed E-state index contributed by atoms with van der Waals surface area (Å²) in [6.45, 7) is 1.32. The number of carbonyl (C=O) groups excluding carboxylic acids is 1. The summed E-state index contributed by atoms with van der Waals surface area (Å²) in [4.78, 5) is 11.4. The van der Waals surface area contributed by atoms with Gasteiger partial charge in [-0.1, -0.05) is 18.2 Å². The lowest BCUT2D eigenvalue weighted by Crippen LogP contribution is -2.26. The number of rotatable bonds is 7. The van der Waals surface area contributed by atoms with Crippen LogP contribution in [0, 0.1) is 5.82 Å². The van der Waals surface area contributed by atoms with E-state index < -0.39 is 0 Å². The molecule has 1 amide bonds. The van der Waals surface area contributed by atoms with E-state index in [9.17, 15) is 9.18 Å². The van der Waals surface area contributed by atoms with Gasteiger partial charge in [-0.2, -0.15) is 0 Å². The SMILES string of the molecule is CNCCCC(=O)NCCc1ccccc1F.Cl. The van der Waals surface area contributed by atoms with E-state index in [1.807, 2.05) is 7.05 Å². The molecule has 0 aliphatic carbocycles. The van der Waals surface area contributed by atoms with Gasteiger partial charge in [-0.05, 0) is 38.1 Å². The Morgan fingerprint density at radius 3 is 2.67 bits per heavy atom. The summed E-state index contributed by atoms with van der Waals surface area (Å²) in [6, 6.07) is 6.63. The molecule has 0 atom stereocenters. The highest BCUT2D eigenvalue weighted by molar-refractivity contribution is 5.85. The van der Waals surface area contributed by atoms with Crippen LogP contribution in [0.15, 0.2) is 24.3 Å². The van der Waals surface area contributed by atoms with E-state index in [1.165, 1.54) is 6.07 Å². The van der Waals surface area contributed by atoms with Crippen LogP contribution in [-0.2, 0) is 11.2 Å². The molecule has 0 unspecified atom stereocenters. The standard InChI is InChI=1S/C13H19FN2O.ClH/c1-15-9-4-7-13(17)16-10-8-11-5-2-3-6-12(11)14;/h2-3,5-6,15H,4,7-10H2,1H3,(H,16,17);1H. The predicted molar refractivity (Wildman–Crippen MR) is 73.5 cm³/mol. The van der Waals surface area contributed by atoms with Gasteiger partial charge in [0.15, 0.2) is 0 Å². The molecule has 2 N–H and O–H groups in total. The molecule has 0 saturated carbocycles. The number of halogens is 2. The first-order valence-corrected chi connectivity index (χ1v) is 5.88. The molecular weight excluding hydrogens is 255 g/mol. The van der Waals surface area contributed by atoms with E-state index in [0.29, 0.717) is 24.9 Å². The van der Waals surface area contributed by atoms with Crippen molar-refractivity contribution in [3.8, 4) is 0 Å². The maximum atomic E-state index is 13.2. The molecular formula is C13H20ClFN2O. The Bertz CT molecular complexity index is 361. The van der Waals surface area contributed by atoms with Crippen molar-refractivity contribution in [2.45, 2.75) is 19.3 Å². The summed E-state index contributed by atoms with van der Waals surface area (Å²) < 4.78 is 13.2. The molecule has 3 nitrogen and oxygen atoms in total. The topological polar surface area (TPSA) is 41.1 Å². The number of hydrogen-bond acceptors (Lipinski definition) is 2. The van der Waals surface area contributed by atoms with Gasteiger partial charge in [-0.15, -0.1) is 12.4 Å². The predicted octanol–water partition coefficient (Wildman–Crippen LogP) is 1.91. The van der Waals surface area contributed by atoms with Crippen molar-refractivity contribution in [3.63, 3.8) is 0 Å². The fraction of sp³-hybridized carbons (Fsp3) is 0.462. The van der Waals surface area contributed by atoms with Crippen LogP contribution in [-0.4, -0.2) is 26.0 Å². The summed E-state index contributed by atoms with van der Waals surface area (Å²) in [5.41, 5.74) is 0.642. The van der Waals surface area contributed by atoms with E-state index in [0.717, 1.165) is 13.0 Å². The summed E-state index contributed by atoms with van der Waals surface area (Å²) in [7, 11) is 1.86. The van der Waals surface area contributed by atoms with Gasteiger partial charge >= 0.3 is 0 Å². The van der Waals surface area contributed by atoms with Crippen LogP contribution >= 0.6 is 12.4 Å². The smallest absolute Gasteiger partial charge is 0.220 e. The summed E-state index contributed by atoms with van der Waals surface area (Å²) >= 11 is 0. The zero-order chi connectivity index (χ0) is 12.5. The van der Waals surface area contributed by atoms with Gasteiger partial charge in [0.25, 0.3) is 0 Å². The Labute approximate surface area is 114 Å². The quantitative estimate of drug-likeness (QED) is 0.746. The number of amides is 1. The molecule has 1 rings (SSSR count). The lowest BCUT2D eigenvalue weighted by Gasteiger charge is -2.06. The van der Waals surface area contributed by atoms with E-state index in [4.69, 9.17) is 0 Å². The van der Waals surface area contributed by atoms with Crippen LogP contribution in [0.5, 0.6) is 0 Å². The molecule has 0 radical (unpaired) electrons. The van der Waals surface area contributed by atoms with Crippen molar-refractivity contribution < 1.29 is 9.18 Å². The minimum atomic E-state index is -0.211. The third-order valence-electron chi connectivity index (χ3n) is 2.50. The molecule has 0 aliphatic rings. The van der Waals surface area contributed by atoms with Crippen molar-refractivity contribution in [2.75, 3.05) is 20.1 Å². The molecule has 5 heteroatoms. The fourth-order valence-electron chi connectivity index (χ4n) is 1.55. The second kappa shape index (κ2) is 9.85. The first kappa shape index (κ1) is 16.9. The molecule has 0 saturated heterocycles. The van der Waals surface area contributed by atoms with E-state index in [2.05, 4.69) is 10.6 Å². The number of hydrogen-bond donors (Lipinski definition) is 2. The average molecular weight is 275 g/mol. The maximum Gasteiger partial charge on any atom is 0.220 e. The summed E-state index contributed by atoms with van der Waals surface area (Å²) in [6.07, 6.45) is 1.87. The molecule has 0 bridgehead atoms. The minimum absolute atomic E-state index is 0. The monoisotopic (exact) mass is 274 g/mol. The summed E-state index contributed by atoms with van der Waals surface area (Å²) in [5, 5.41) is 5.77. The van der Waals surface area contributed by atoms with Crippen LogP contribution in [0.1, 0.15) is 18.4 Å². The lowest BCUT2D eigenvalue weighted by molar-refractivity contribution is -0.121. The van der Waals surface area contributed by atoms with Crippen molar-refractivity contribution in [1.82, 2.24) is 10.6 Å². The van der Waals surface area contributed by atoms with Gasteiger partial charge in [0.05, 0.1) is 0 Å². The van der Waals surface area contributed by atoms with Crippen LogP contribution in [0.4, 0.5) is 4.39 Å². The van der Waals surface area contributed by atoms with E-state index in [1.54, 1.807) is 18.2 Å². The molecule has 1 aromatic rings. The molecule has 0 spiro atoms. The van der Waals surface area contributed by atoms with Crippen LogP contribution in [0.25, 0.3) is 0 Å². The van der Waals surface area contributed by atoms with Gasteiger partial charge in [0.1, 0.15) is 5.82 Å². The Kier molecular flexibility index (Phi) is 9.24. The molecule has 0 fully saturated rings. The van der Waals surface area contributed by atoms with Gasteiger partial charge in [0.2, 0.25) is 5.91 Å². The average Bonchev–Trinajstić information content (AvgIpc) is 2.32. The Balaban J connectivity index is 0.00000289. The molecule has 0 aliphatic heterocycles. The molecule has 1 aromatic carbocycles. The highest BCUT2D eigenvalue weighted by atomic mass is 35.5. The highest BCUT2D eigenvalue weighted by Crippen LogP contribution is 2.06. The van der Waals surface area contributed by atoms with Crippen molar-refractivity contribution in [2.24, 2.45) is 0 Å². The lowest BCUT2D eigenvalue weighted by atomic mass is 10.1. The summed E-state index contributed by atoms with van der Waals surface area (Å²) in [5.74, 6) is -0.187. The van der Waals surface area contributed by atoms with E-state index in [-0.39, 0.29) is 24.1 Å². The number of carbonyl (C=O) groups is 1. The van der Waals surface area contributed by atoms with Gasteiger partial charge in [0, 0.05) is 13.0 Å². The third-order valence-corrected chi connectivity index (χ3v) is 2.50. The Hall–Kier alpha value is -1.13. The minimum Gasteiger partial charge on any atom is -0.356 e. The second-order valence-electron chi connectivity index (χ2n) is 3.90. The number of nitrogens with one attached hydrogen (secondary N) is 2.